The summed E-state index contributed by atoms with van der Waals surface area (Å²) in [6, 6.07) is 13.2. The second-order valence-electron chi connectivity index (χ2n) is 6.63. The molecular formula is C20H26N4O2. The first kappa shape index (κ1) is 19.6. The molecule has 6 heteroatoms. The average Bonchev–Trinajstić information content (AvgIpc) is 2.57. The van der Waals surface area contributed by atoms with Gasteiger partial charge in [-0.3, -0.25) is 14.5 Å². The van der Waals surface area contributed by atoms with Gasteiger partial charge in [0, 0.05) is 17.9 Å². The highest BCUT2D eigenvalue weighted by Gasteiger charge is 2.21. The van der Waals surface area contributed by atoms with E-state index in [2.05, 4.69) is 10.3 Å². The molecule has 0 atom stereocenters. The number of anilines is 2. The number of para-hydroxylation sites is 1. The normalized spacial score (nSPS) is 10.8. The Labute approximate surface area is 154 Å². The maximum Gasteiger partial charge on any atom is 0.241 e. The van der Waals surface area contributed by atoms with Crippen LogP contribution in [0.1, 0.15) is 19.4 Å². The standard InChI is InChI=1S/C20H26N4O2/c1-15(2)24(17-8-6-5-7-9-17)20(26)14-23(4)13-19(25)22-18-11-10-16(3)12-21-18/h5-12,15H,13-14H2,1-4H3,(H,21,22,25). The molecule has 0 aliphatic carbocycles. The van der Waals surface area contributed by atoms with Crippen LogP contribution in [0.5, 0.6) is 0 Å². The van der Waals surface area contributed by atoms with Crippen LogP contribution in [-0.2, 0) is 9.59 Å². The predicted molar refractivity (Wildman–Crippen MR) is 104 cm³/mol. The molecule has 0 bridgehead atoms. The fourth-order valence-electron chi connectivity index (χ4n) is 2.65. The molecule has 0 saturated heterocycles. The number of benzene rings is 1. The third-order valence-corrected chi connectivity index (χ3v) is 3.82. The summed E-state index contributed by atoms with van der Waals surface area (Å²) < 4.78 is 0. The van der Waals surface area contributed by atoms with E-state index in [1.54, 1.807) is 29.1 Å². The zero-order valence-corrected chi connectivity index (χ0v) is 15.8. The maximum absolute atomic E-state index is 12.7. The van der Waals surface area contributed by atoms with Gasteiger partial charge < -0.3 is 10.2 Å². The number of pyridine rings is 1. The molecule has 1 N–H and O–H groups in total. The highest BCUT2D eigenvalue weighted by Crippen LogP contribution is 2.16. The van der Waals surface area contributed by atoms with Gasteiger partial charge in [-0.1, -0.05) is 24.3 Å². The van der Waals surface area contributed by atoms with Crippen molar-refractivity contribution in [2.24, 2.45) is 0 Å². The smallest absolute Gasteiger partial charge is 0.241 e. The van der Waals surface area contributed by atoms with Crippen LogP contribution in [0.25, 0.3) is 0 Å². The number of hydrogen-bond donors (Lipinski definition) is 1. The topological polar surface area (TPSA) is 65.5 Å². The van der Waals surface area contributed by atoms with Crippen LogP contribution in [0.3, 0.4) is 0 Å². The van der Waals surface area contributed by atoms with Crippen LogP contribution < -0.4 is 10.2 Å². The van der Waals surface area contributed by atoms with E-state index in [-0.39, 0.29) is 30.9 Å². The van der Waals surface area contributed by atoms with Crippen molar-refractivity contribution in [3.05, 3.63) is 54.2 Å². The van der Waals surface area contributed by atoms with Gasteiger partial charge in [0.2, 0.25) is 11.8 Å². The molecule has 1 heterocycles. The van der Waals surface area contributed by atoms with Crippen LogP contribution in [-0.4, -0.2) is 47.9 Å². The van der Waals surface area contributed by atoms with Gasteiger partial charge in [0.05, 0.1) is 13.1 Å². The number of likely N-dealkylation sites (N-methyl/N-ethyl adjacent to an activating group) is 1. The highest BCUT2D eigenvalue weighted by atomic mass is 16.2. The minimum Gasteiger partial charge on any atom is -0.310 e. The Morgan fingerprint density at radius 2 is 1.77 bits per heavy atom. The molecule has 0 saturated carbocycles. The Morgan fingerprint density at radius 3 is 2.35 bits per heavy atom. The Bertz CT molecular complexity index is 729. The van der Waals surface area contributed by atoms with E-state index < -0.39 is 0 Å². The quantitative estimate of drug-likeness (QED) is 0.830. The molecule has 1 aromatic heterocycles. The van der Waals surface area contributed by atoms with Crippen molar-refractivity contribution in [1.82, 2.24) is 9.88 Å². The summed E-state index contributed by atoms with van der Waals surface area (Å²) in [6.07, 6.45) is 1.70. The van der Waals surface area contributed by atoms with Crippen molar-refractivity contribution in [2.45, 2.75) is 26.8 Å². The van der Waals surface area contributed by atoms with Crippen molar-refractivity contribution in [2.75, 3.05) is 30.4 Å². The molecule has 0 radical (unpaired) electrons. The summed E-state index contributed by atoms with van der Waals surface area (Å²) in [5.74, 6) is 0.260. The summed E-state index contributed by atoms with van der Waals surface area (Å²) in [6.45, 7) is 6.15. The molecule has 1 aromatic carbocycles. The molecule has 2 amide bonds. The fraction of sp³-hybridized carbons (Fsp3) is 0.350. The van der Waals surface area contributed by atoms with Crippen LogP contribution in [0.2, 0.25) is 0 Å². The lowest BCUT2D eigenvalue weighted by molar-refractivity contribution is -0.121. The number of carbonyl (C=O) groups excluding carboxylic acids is 2. The highest BCUT2D eigenvalue weighted by molar-refractivity contribution is 5.96. The molecule has 6 nitrogen and oxygen atoms in total. The van der Waals surface area contributed by atoms with Crippen molar-refractivity contribution in [1.29, 1.82) is 0 Å². The number of rotatable bonds is 7. The Balaban J connectivity index is 1.92. The first-order valence-electron chi connectivity index (χ1n) is 8.65. The Morgan fingerprint density at radius 1 is 1.08 bits per heavy atom. The first-order valence-corrected chi connectivity index (χ1v) is 8.65. The van der Waals surface area contributed by atoms with Gasteiger partial charge in [-0.05, 0) is 51.6 Å². The average molecular weight is 354 g/mol. The largest absolute Gasteiger partial charge is 0.310 e. The minimum absolute atomic E-state index is 0.0314. The van der Waals surface area contributed by atoms with E-state index in [9.17, 15) is 9.59 Å². The summed E-state index contributed by atoms with van der Waals surface area (Å²) in [4.78, 5) is 32.5. The van der Waals surface area contributed by atoms with Crippen LogP contribution >= 0.6 is 0 Å². The summed E-state index contributed by atoms with van der Waals surface area (Å²) in [7, 11) is 1.75. The SMILES string of the molecule is Cc1ccc(NC(=O)CN(C)CC(=O)N(c2ccccc2)C(C)C)nc1. The third-order valence-electron chi connectivity index (χ3n) is 3.82. The molecule has 0 spiro atoms. The van der Waals surface area contributed by atoms with Crippen molar-refractivity contribution in [3.63, 3.8) is 0 Å². The molecule has 2 rings (SSSR count). The zero-order chi connectivity index (χ0) is 19.1. The van der Waals surface area contributed by atoms with Gasteiger partial charge >= 0.3 is 0 Å². The molecule has 0 aliphatic rings. The van der Waals surface area contributed by atoms with E-state index in [4.69, 9.17) is 0 Å². The molecule has 0 fully saturated rings. The van der Waals surface area contributed by atoms with Crippen LogP contribution in [0.4, 0.5) is 11.5 Å². The molecule has 26 heavy (non-hydrogen) atoms. The monoisotopic (exact) mass is 354 g/mol. The molecule has 0 unspecified atom stereocenters. The third kappa shape index (κ3) is 5.67. The zero-order valence-electron chi connectivity index (χ0n) is 15.8. The van der Waals surface area contributed by atoms with Crippen molar-refractivity contribution >= 4 is 23.3 Å². The lowest BCUT2D eigenvalue weighted by Gasteiger charge is -2.28. The predicted octanol–water partition coefficient (Wildman–Crippen LogP) is 2.70. The van der Waals surface area contributed by atoms with Gasteiger partial charge in [-0.2, -0.15) is 0 Å². The first-order chi connectivity index (χ1) is 12.4. The van der Waals surface area contributed by atoms with Crippen molar-refractivity contribution < 1.29 is 9.59 Å². The van der Waals surface area contributed by atoms with E-state index >= 15 is 0 Å². The van der Waals surface area contributed by atoms with Gasteiger partial charge in [0.25, 0.3) is 0 Å². The number of carbonyl (C=O) groups is 2. The summed E-state index contributed by atoms with van der Waals surface area (Å²) in [5, 5.41) is 2.74. The van der Waals surface area contributed by atoms with Gasteiger partial charge in [0.1, 0.15) is 5.82 Å². The van der Waals surface area contributed by atoms with Crippen LogP contribution in [0.15, 0.2) is 48.7 Å². The van der Waals surface area contributed by atoms with Crippen molar-refractivity contribution in [3.8, 4) is 0 Å². The van der Waals surface area contributed by atoms with Gasteiger partial charge in [-0.25, -0.2) is 4.98 Å². The Kier molecular flexibility index (Phi) is 6.86. The van der Waals surface area contributed by atoms with Gasteiger partial charge in [-0.15, -0.1) is 0 Å². The number of nitrogens with zero attached hydrogens (tertiary/aromatic N) is 3. The lowest BCUT2D eigenvalue weighted by atomic mass is 10.2. The second-order valence-corrected chi connectivity index (χ2v) is 6.63. The number of hydrogen-bond acceptors (Lipinski definition) is 4. The molecule has 0 aliphatic heterocycles. The van der Waals surface area contributed by atoms with E-state index in [0.717, 1.165) is 11.3 Å². The van der Waals surface area contributed by atoms with Gasteiger partial charge in [0.15, 0.2) is 0 Å². The minimum atomic E-state index is -0.201. The van der Waals surface area contributed by atoms with E-state index in [0.29, 0.717) is 5.82 Å². The lowest BCUT2D eigenvalue weighted by Crippen LogP contribution is -2.44. The molecular weight excluding hydrogens is 328 g/mol. The Hall–Kier alpha value is -2.73. The molecule has 138 valence electrons. The van der Waals surface area contributed by atoms with E-state index in [1.165, 1.54) is 0 Å². The second kappa shape index (κ2) is 9.10. The number of nitrogens with one attached hydrogen (secondary N) is 1. The number of aryl methyl sites for hydroxylation is 1. The molecule has 2 aromatic rings. The number of aromatic nitrogens is 1. The number of amides is 2. The summed E-state index contributed by atoms with van der Waals surface area (Å²) in [5.41, 5.74) is 1.88. The summed E-state index contributed by atoms with van der Waals surface area (Å²) >= 11 is 0. The maximum atomic E-state index is 12.7. The van der Waals surface area contributed by atoms with Crippen LogP contribution in [0, 0.1) is 6.92 Å². The van der Waals surface area contributed by atoms with E-state index in [1.807, 2.05) is 57.2 Å². The fourth-order valence-corrected chi connectivity index (χ4v) is 2.65.